The number of nitrogens with zero attached hydrogens (tertiary/aromatic N) is 1. The van der Waals surface area contributed by atoms with Crippen LogP contribution in [0, 0.1) is 0 Å². The zero-order valence-corrected chi connectivity index (χ0v) is 10.3. The highest BCUT2D eigenvalue weighted by Gasteiger charge is 2.10. The van der Waals surface area contributed by atoms with Crippen molar-refractivity contribution in [2.45, 2.75) is 32.6 Å². The zero-order valence-electron chi connectivity index (χ0n) is 10.3. The van der Waals surface area contributed by atoms with Gasteiger partial charge in [0.05, 0.1) is 6.61 Å². The topological polar surface area (TPSA) is 29.5 Å². The van der Waals surface area contributed by atoms with Gasteiger partial charge < -0.3 is 9.64 Å². The molecule has 0 aromatic heterocycles. The third-order valence-electron chi connectivity index (χ3n) is 2.18. The molecule has 0 heterocycles. The Hall–Kier alpha value is -1.25. The van der Waals surface area contributed by atoms with Crippen molar-refractivity contribution in [3.63, 3.8) is 0 Å². The van der Waals surface area contributed by atoms with Gasteiger partial charge in [0.1, 0.15) is 0 Å². The Kier molecular flexibility index (Phi) is 9.47. The maximum absolute atomic E-state index is 11.6. The van der Waals surface area contributed by atoms with E-state index < -0.39 is 0 Å². The number of carbonyl (C=O) groups excluding carboxylic acids is 1. The largest absolute Gasteiger partial charge is 0.449 e. The van der Waals surface area contributed by atoms with E-state index >= 15 is 0 Å². The lowest BCUT2D eigenvalue weighted by molar-refractivity contribution is 0.108. The Bertz CT molecular complexity index is 204. The molecule has 0 spiro atoms. The van der Waals surface area contributed by atoms with Gasteiger partial charge in [-0.15, -0.1) is 13.2 Å². The van der Waals surface area contributed by atoms with Crippen LogP contribution in [0.5, 0.6) is 0 Å². The second-order valence-corrected chi connectivity index (χ2v) is 3.66. The normalized spacial score (nSPS) is 9.56. The van der Waals surface area contributed by atoms with E-state index in [2.05, 4.69) is 20.1 Å². The van der Waals surface area contributed by atoms with E-state index in [9.17, 15) is 4.79 Å². The second-order valence-electron chi connectivity index (χ2n) is 3.66. The lowest BCUT2D eigenvalue weighted by Crippen LogP contribution is -2.32. The van der Waals surface area contributed by atoms with E-state index in [-0.39, 0.29) is 6.09 Å². The first-order valence-corrected chi connectivity index (χ1v) is 5.89. The number of rotatable bonds is 9. The third-order valence-corrected chi connectivity index (χ3v) is 2.18. The van der Waals surface area contributed by atoms with Crippen molar-refractivity contribution in [2.75, 3.05) is 19.7 Å². The molecule has 0 saturated carbocycles. The molecular weight excluding hydrogens is 202 g/mol. The van der Waals surface area contributed by atoms with Gasteiger partial charge in [-0.05, 0) is 6.42 Å². The van der Waals surface area contributed by atoms with Crippen LogP contribution < -0.4 is 0 Å². The van der Waals surface area contributed by atoms with Crippen molar-refractivity contribution in [3.05, 3.63) is 25.3 Å². The van der Waals surface area contributed by atoms with Crippen molar-refractivity contribution in [1.82, 2.24) is 4.90 Å². The molecule has 92 valence electrons. The minimum absolute atomic E-state index is 0.281. The van der Waals surface area contributed by atoms with E-state index in [0.29, 0.717) is 19.7 Å². The summed E-state index contributed by atoms with van der Waals surface area (Å²) < 4.78 is 5.15. The molecule has 0 saturated heterocycles. The predicted octanol–water partition coefficient (Wildman–Crippen LogP) is 3.38. The number of amides is 1. The molecule has 0 bridgehead atoms. The van der Waals surface area contributed by atoms with Gasteiger partial charge in [0.25, 0.3) is 0 Å². The summed E-state index contributed by atoms with van der Waals surface area (Å²) in [5, 5.41) is 0. The van der Waals surface area contributed by atoms with Crippen LogP contribution in [0.25, 0.3) is 0 Å². The molecular formula is C13H23NO2. The van der Waals surface area contributed by atoms with Gasteiger partial charge in [0.15, 0.2) is 0 Å². The number of unbranched alkanes of at least 4 members (excludes halogenated alkanes) is 3. The van der Waals surface area contributed by atoms with Gasteiger partial charge in [0, 0.05) is 13.1 Å². The fraction of sp³-hybridized carbons (Fsp3) is 0.615. The fourth-order valence-corrected chi connectivity index (χ4v) is 1.31. The predicted molar refractivity (Wildman–Crippen MR) is 67.5 cm³/mol. The smallest absolute Gasteiger partial charge is 0.410 e. The molecule has 0 aliphatic carbocycles. The quantitative estimate of drug-likeness (QED) is 0.445. The first-order chi connectivity index (χ1) is 7.76. The lowest BCUT2D eigenvalue weighted by atomic mass is 10.2. The average molecular weight is 225 g/mol. The molecule has 0 atom stereocenters. The summed E-state index contributed by atoms with van der Waals surface area (Å²) in [5.41, 5.74) is 0. The van der Waals surface area contributed by atoms with Crippen LogP contribution in [-0.4, -0.2) is 30.7 Å². The second kappa shape index (κ2) is 10.3. The van der Waals surface area contributed by atoms with Gasteiger partial charge in [-0.1, -0.05) is 38.3 Å². The Morgan fingerprint density at radius 3 is 2.31 bits per heavy atom. The minimum atomic E-state index is -0.281. The van der Waals surface area contributed by atoms with Gasteiger partial charge in [-0.25, -0.2) is 4.79 Å². The fourth-order valence-electron chi connectivity index (χ4n) is 1.31. The SMILES string of the molecule is C=CCN(CC=C)C(=O)OCCCCCC. The molecule has 0 aromatic rings. The third kappa shape index (κ3) is 7.10. The van der Waals surface area contributed by atoms with Crippen molar-refractivity contribution in [3.8, 4) is 0 Å². The van der Waals surface area contributed by atoms with Crippen LogP contribution in [-0.2, 0) is 4.74 Å². The number of carbonyl (C=O) groups is 1. The summed E-state index contributed by atoms with van der Waals surface area (Å²) in [6.07, 6.45) is 7.52. The van der Waals surface area contributed by atoms with Crippen molar-refractivity contribution in [1.29, 1.82) is 0 Å². The molecule has 0 radical (unpaired) electrons. The van der Waals surface area contributed by atoms with E-state index in [0.717, 1.165) is 12.8 Å². The van der Waals surface area contributed by atoms with E-state index in [1.165, 1.54) is 12.8 Å². The van der Waals surface area contributed by atoms with Gasteiger partial charge in [-0.3, -0.25) is 0 Å². The Balaban J connectivity index is 3.73. The molecule has 0 rings (SSSR count). The monoisotopic (exact) mass is 225 g/mol. The van der Waals surface area contributed by atoms with Gasteiger partial charge in [-0.2, -0.15) is 0 Å². The molecule has 0 aliphatic rings. The van der Waals surface area contributed by atoms with Crippen LogP contribution >= 0.6 is 0 Å². The molecule has 0 N–H and O–H groups in total. The minimum Gasteiger partial charge on any atom is -0.449 e. The van der Waals surface area contributed by atoms with Crippen LogP contribution in [0.15, 0.2) is 25.3 Å². The number of ether oxygens (including phenoxy) is 1. The summed E-state index contributed by atoms with van der Waals surface area (Å²) in [4.78, 5) is 13.1. The molecule has 16 heavy (non-hydrogen) atoms. The first kappa shape index (κ1) is 14.8. The summed E-state index contributed by atoms with van der Waals surface area (Å²) in [6.45, 7) is 10.9. The highest BCUT2D eigenvalue weighted by molar-refractivity contribution is 5.68. The molecule has 3 heteroatoms. The van der Waals surface area contributed by atoms with Crippen molar-refractivity contribution >= 4 is 6.09 Å². The van der Waals surface area contributed by atoms with Crippen LogP contribution in [0.4, 0.5) is 4.79 Å². The Labute approximate surface area is 98.8 Å². The summed E-state index contributed by atoms with van der Waals surface area (Å²) in [5.74, 6) is 0. The van der Waals surface area contributed by atoms with Crippen molar-refractivity contribution < 1.29 is 9.53 Å². The molecule has 3 nitrogen and oxygen atoms in total. The number of hydrogen-bond acceptors (Lipinski definition) is 2. The van der Waals surface area contributed by atoms with E-state index in [4.69, 9.17) is 4.74 Å². The average Bonchev–Trinajstić information content (AvgIpc) is 2.28. The molecule has 1 amide bonds. The van der Waals surface area contributed by atoms with Gasteiger partial charge in [0.2, 0.25) is 0 Å². The molecule has 0 aromatic carbocycles. The first-order valence-electron chi connectivity index (χ1n) is 5.89. The van der Waals surface area contributed by atoms with Crippen LogP contribution in [0.1, 0.15) is 32.6 Å². The summed E-state index contributed by atoms with van der Waals surface area (Å²) >= 11 is 0. The summed E-state index contributed by atoms with van der Waals surface area (Å²) in [7, 11) is 0. The molecule has 0 aliphatic heterocycles. The highest BCUT2D eigenvalue weighted by Crippen LogP contribution is 2.01. The molecule has 0 unspecified atom stereocenters. The van der Waals surface area contributed by atoms with Gasteiger partial charge >= 0.3 is 6.09 Å². The van der Waals surface area contributed by atoms with E-state index in [1.807, 2.05) is 0 Å². The standard InChI is InChI=1S/C13H23NO2/c1-4-7-8-9-12-16-13(15)14(10-5-2)11-6-3/h5-6H,2-4,7-12H2,1H3. The lowest BCUT2D eigenvalue weighted by Gasteiger charge is -2.18. The maximum Gasteiger partial charge on any atom is 0.410 e. The zero-order chi connectivity index (χ0) is 12.2. The summed E-state index contributed by atoms with van der Waals surface area (Å²) in [6, 6.07) is 0. The van der Waals surface area contributed by atoms with Crippen molar-refractivity contribution in [2.24, 2.45) is 0 Å². The number of hydrogen-bond donors (Lipinski definition) is 0. The molecule has 0 fully saturated rings. The Morgan fingerprint density at radius 2 is 1.81 bits per heavy atom. The van der Waals surface area contributed by atoms with E-state index in [1.54, 1.807) is 17.1 Å². The maximum atomic E-state index is 11.6. The van der Waals surface area contributed by atoms with Crippen LogP contribution in [0.2, 0.25) is 0 Å². The van der Waals surface area contributed by atoms with Crippen LogP contribution in [0.3, 0.4) is 0 Å². The highest BCUT2D eigenvalue weighted by atomic mass is 16.6. The Morgan fingerprint density at radius 1 is 1.19 bits per heavy atom.